The van der Waals surface area contributed by atoms with E-state index in [9.17, 15) is 8.42 Å². The normalized spacial score (nSPS) is 23.6. The Kier molecular flexibility index (Phi) is 5.08. The standard InChI is InChI=1S/C9H15NO2S3/c1-2-4-14-9(13)10-6-8-3-5-15(11,12)7-8/h2,8H,1,3-7H2,(H,10,13). The molecule has 1 aliphatic rings. The summed E-state index contributed by atoms with van der Waals surface area (Å²) in [5.74, 6) is 1.63. The summed E-state index contributed by atoms with van der Waals surface area (Å²) in [5, 5.41) is 3.08. The summed E-state index contributed by atoms with van der Waals surface area (Å²) in [5.41, 5.74) is 0. The van der Waals surface area contributed by atoms with Crippen molar-refractivity contribution in [3.05, 3.63) is 12.7 Å². The third-order valence-corrected chi connectivity index (χ3v) is 5.34. The molecule has 86 valence electrons. The average Bonchev–Trinajstić information content (AvgIpc) is 2.52. The highest BCUT2D eigenvalue weighted by atomic mass is 32.2. The summed E-state index contributed by atoms with van der Waals surface area (Å²) in [6, 6.07) is 0. The lowest BCUT2D eigenvalue weighted by atomic mass is 10.1. The SMILES string of the molecule is C=CCSC(=S)NCC1CCS(=O)(=O)C1. The topological polar surface area (TPSA) is 46.2 Å². The maximum Gasteiger partial charge on any atom is 0.150 e. The molecule has 0 amide bonds. The lowest BCUT2D eigenvalue weighted by Crippen LogP contribution is -2.26. The van der Waals surface area contributed by atoms with Crippen molar-refractivity contribution in [3.63, 3.8) is 0 Å². The van der Waals surface area contributed by atoms with Crippen LogP contribution in [-0.4, -0.2) is 36.5 Å². The van der Waals surface area contributed by atoms with Crippen molar-refractivity contribution in [2.45, 2.75) is 6.42 Å². The first kappa shape index (κ1) is 13.0. The molecule has 1 rings (SSSR count). The van der Waals surface area contributed by atoms with Gasteiger partial charge in [-0.3, -0.25) is 0 Å². The van der Waals surface area contributed by atoms with Gasteiger partial charge in [-0.1, -0.05) is 30.1 Å². The van der Waals surface area contributed by atoms with E-state index in [0.29, 0.717) is 18.1 Å². The number of nitrogens with one attached hydrogen (secondary N) is 1. The molecule has 1 fully saturated rings. The minimum Gasteiger partial charge on any atom is -0.371 e. The summed E-state index contributed by atoms with van der Waals surface area (Å²) in [6.07, 6.45) is 2.54. The summed E-state index contributed by atoms with van der Waals surface area (Å²) in [7, 11) is -2.77. The molecule has 0 aromatic heterocycles. The van der Waals surface area contributed by atoms with Crippen molar-refractivity contribution in [2.24, 2.45) is 5.92 Å². The molecule has 0 aliphatic carbocycles. The van der Waals surface area contributed by atoms with Crippen molar-refractivity contribution in [1.82, 2.24) is 5.32 Å². The molecule has 1 N–H and O–H groups in total. The average molecular weight is 265 g/mol. The maximum atomic E-state index is 11.2. The maximum absolute atomic E-state index is 11.2. The van der Waals surface area contributed by atoms with E-state index >= 15 is 0 Å². The van der Waals surface area contributed by atoms with E-state index in [4.69, 9.17) is 12.2 Å². The Balaban J connectivity index is 2.21. The van der Waals surface area contributed by atoms with Crippen molar-refractivity contribution in [3.8, 4) is 0 Å². The molecule has 1 aliphatic heterocycles. The zero-order chi connectivity index (χ0) is 11.3. The summed E-state index contributed by atoms with van der Waals surface area (Å²) < 4.78 is 23.1. The van der Waals surface area contributed by atoms with Crippen LogP contribution in [0.4, 0.5) is 0 Å². The highest BCUT2D eigenvalue weighted by Crippen LogP contribution is 2.17. The van der Waals surface area contributed by atoms with Gasteiger partial charge in [0.05, 0.1) is 11.5 Å². The molecule has 1 saturated heterocycles. The van der Waals surface area contributed by atoms with Gasteiger partial charge in [0.15, 0.2) is 9.84 Å². The minimum absolute atomic E-state index is 0.220. The van der Waals surface area contributed by atoms with E-state index in [1.165, 1.54) is 11.8 Å². The van der Waals surface area contributed by atoms with Gasteiger partial charge in [0, 0.05) is 12.3 Å². The van der Waals surface area contributed by atoms with Crippen molar-refractivity contribution in [2.75, 3.05) is 23.8 Å². The van der Waals surface area contributed by atoms with Gasteiger partial charge in [-0.05, 0) is 12.3 Å². The van der Waals surface area contributed by atoms with E-state index in [2.05, 4.69) is 11.9 Å². The van der Waals surface area contributed by atoms with Gasteiger partial charge in [-0.15, -0.1) is 6.58 Å². The van der Waals surface area contributed by atoms with E-state index in [-0.39, 0.29) is 5.92 Å². The van der Waals surface area contributed by atoms with Crippen LogP contribution in [0.3, 0.4) is 0 Å². The molecular weight excluding hydrogens is 250 g/mol. The largest absolute Gasteiger partial charge is 0.371 e. The molecule has 1 heterocycles. The number of thioether (sulfide) groups is 1. The number of sulfone groups is 1. The van der Waals surface area contributed by atoms with Crippen LogP contribution in [0.5, 0.6) is 0 Å². The molecule has 1 atom stereocenters. The fourth-order valence-corrected chi connectivity index (χ4v) is 4.05. The van der Waals surface area contributed by atoms with E-state index in [0.717, 1.165) is 16.5 Å². The molecule has 0 aromatic carbocycles. The van der Waals surface area contributed by atoms with E-state index < -0.39 is 9.84 Å². The number of rotatable bonds is 4. The molecule has 1 unspecified atom stereocenters. The molecule has 6 heteroatoms. The second-order valence-electron chi connectivity index (χ2n) is 3.54. The van der Waals surface area contributed by atoms with E-state index in [1.54, 1.807) is 6.08 Å². The summed E-state index contributed by atoms with van der Waals surface area (Å²) in [4.78, 5) is 0. The molecular formula is C9H15NO2S3. The molecule has 3 nitrogen and oxygen atoms in total. The Morgan fingerprint density at radius 2 is 2.40 bits per heavy atom. The van der Waals surface area contributed by atoms with Crippen LogP contribution in [0, 0.1) is 5.92 Å². The molecule has 0 radical (unpaired) electrons. The van der Waals surface area contributed by atoms with Crippen LogP contribution in [0.1, 0.15) is 6.42 Å². The van der Waals surface area contributed by atoms with Gasteiger partial charge >= 0.3 is 0 Å². The summed E-state index contributed by atoms with van der Waals surface area (Å²) in [6.45, 7) is 4.27. The Bertz CT molecular complexity index is 337. The quantitative estimate of drug-likeness (QED) is 0.611. The molecule has 0 bridgehead atoms. The van der Waals surface area contributed by atoms with Crippen LogP contribution in [0.25, 0.3) is 0 Å². The lowest BCUT2D eigenvalue weighted by molar-refractivity contribution is 0.575. The van der Waals surface area contributed by atoms with Crippen LogP contribution in [0.2, 0.25) is 0 Å². The monoisotopic (exact) mass is 265 g/mol. The van der Waals surface area contributed by atoms with Crippen LogP contribution in [0.15, 0.2) is 12.7 Å². The van der Waals surface area contributed by atoms with Crippen LogP contribution in [-0.2, 0) is 9.84 Å². The first-order valence-corrected chi connectivity index (χ1v) is 7.97. The minimum atomic E-state index is -2.77. The van der Waals surface area contributed by atoms with Crippen LogP contribution >= 0.6 is 24.0 Å². The highest BCUT2D eigenvalue weighted by molar-refractivity contribution is 8.23. The lowest BCUT2D eigenvalue weighted by Gasteiger charge is -2.10. The third-order valence-electron chi connectivity index (χ3n) is 2.19. The van der Waals surface area contributed by atoms with E-state index in [1.807, 2.05) is 0 Å². The van der Waals surface area contributed by atoms with Gasteiger partial charge < -0.3 is 5.32 Å². The van der Waals surface area contributed by atoms with Gasteiger partial charge in [0.1, 0.15) is 4.32 Å². The second kappa shape index (κ2) is 5.86. The number of hydrogen-bond donors (Lipinski definition) is 1. The predicted octanol–water partition coefficient (Wildman–Crippen LogP) is 1.21. The Morgan fingerprint density at radius 1 is 1.67 bits per heavy atom. The van der Waals surface area contributed by atoms with Gasteiger partial charge in [-0.2, -0.15) is 0 Å². The second-order valence-corrected chi connectivity index (χ2v) is 7.46. The molecule has 0 saturated carbocycles. The zero-order valence-corrected chi connectivity index (χ0v) is 10.9. The number of hydrogen-bond acceptors (Lipinski definition) is 4. The van der Waals surface area contributed by atoms with Gasteiger partial charge in [0.2, 0.25) is 0 Å². The third kappa shape index (κ3) is 4.99. The van der Waals surface area contributed by atoms with Crippen molar-refractivity contribution >= 4 is 38.1 Å². The zero-order valence-electron chi connectivity index (χ0n) is 8.44. The Hall–Kier alpha value is -0.0700. The summed E-state index contributed by atoms with van der Waals surface area (Å²) >= 11 is 6.58. The van der Waals surface area contributed by atoms with Gasteiger partial charge in [0.25, 0.3) is 0 Å². The Labute approximate surface area is 101 Å². The molecule has 0 spiro atoms. The Morgan fingerprint density at radius 3 is 2.93 bits per heavy atom. The smallest absolute Gasteiger partial charge is 0.150 e. The molecule has 15 heavy (non-hydrogen) atoms. The highest BCUT2D eigenvalue weighted by Gasteiger charge is 2.27. The first-order valence-electron chi connectivity index (χ1n) is 4.75. The van der Waals surface area contributed by atoms with Gasteiger partial charge in [-0.25, -0.2) is 8.42 Å². The predicted molar refractivity (Wildman–Crippen MR) is 70.0 cm³/mol. The van der Waals surface area contributed by atoms with Crippen molar-refractivity contribution < 1.29 is 8.42 Å². The van der Waals surface area contributed by atoms with Crippen molar-refractivity contribution in [1.29, 1.82) is 0 Å². The van der Waals surface area contributed by atoms with Crippen LogP contribution < -0.4 is 5.32 Å². The number of thiocarbonyl (C=S) groups is 1. The molecule has 0 aromatic rings. The fourth-order valence-electron chi connectivity index (χ4n) is 1.45. The fraction of sp³-hybridized carbons (Fsp3) is 0.667. The first-order chi connectivity index (χ1) is 7.03.